The summed E-state index contributed by atoms with van der Waals surface area (Å²) in [6.45, 7) is 6.02. The van der Waals surface area contributed by atoms with Gasteiger partial charge in [0, 0.05) is 11.1 Å². The second kappa shape index (κ2) is 8.91. The zero-order valence-corrected chi connectivity index (χ0v) is 18.5. The van der Waals surface area contributed by atoms with Crippen molar-refractivity contribution in [3.05, 3.63) is 64.3 Å². The molecule has 0 saturated heterocycles. The van der Waals surface area contributed by atoms with Gasteiger partial charge in [0.1, 0.15) is 11.4 Å². The molecule has 2 aromatic heterocycles. The van der Waals surface area contributed by atoms with E-state index in [0.29, 0.717) is 17.0 Å². The number of carbonyl (C=O) groups is 1. The number of methoxy groups -OCH3 is 1. The summed E-state index contributed by atoms with van der Waals surface area (Å²) in [5.41, 5.74) is 13.5. The number of amides is 1. The molecule has 0 aliphatic carbocycles. The summed E-state index contributed by atoms with van der Waals surface area (Å²) < 4.78 is 11.3. The first-order valence-corrected chi connectivity index (χ1v) is 9.98. The first kappa shape index (κ1) is 21.7. The van der Waals surface area contributed by atoms with Gasteiger partial charge in [-0.15, -0.1) is 5.10 Å². The minimum Gasteiger partial charge on any atom is -0.497 e. The molecule has 0 unspecified atom stereocenters. The normalized spacial score (nSPS) is 11.2. The van der Waals surface area contributed by atoms with Crippen LogP contribution in [0.1, 0.15) is 32.7 Å². The molecule has 3 N–H and O–H groups in total. The zero-order valence-electron chi connectivity index (χ0n) is 18.5. The highest BCUT2D eigenvalue weighted by atomic mass is 16.6. The molecular weight excluding hydrogens is 424 g/mol. The maximum Gasteiger partial charge on any atom is 0.294 e. The summed E-state index contributed by atoms with van der Waals surface area (Å²) in [5, 5.41) is 19.6. The van der Waals surface area contributed by atoms with Gasteiger partial charge in [0.05, 0.1) is 13.3 Å². The molecular formula is C22H22N8O3. The van der Waals surface area contributed by atoms with Crippen LogP contribution < -0.4 is 15.9 Å². The van der Waals surface area contributed by atoms with Gasteiger partial charge in [-0.25, -0.2) is 10.1 Å². The van der Waals surface area contributed by atoms with E-state index in [1.165, 1.54) is 4.68 Å². The van der Waals surface area contributed by atoms with Crippen LogP contribution in [0.3, 0.4) is 0 Å². The van der Waals surface area contributed by atoms with Crippen molar-refractivity contribution in [2.45, 2.75) is 20.8 Å². The quantitative estimate of drug-likeness (QED) is 0.339. The fourth-order valence-electron chi connectivity index (χ4n) is 3.55. The Morgan fingerprint density at radius 2 is 1.94 bits per heavy atom. The van der Waals surface area contributed by atoms with Crippen molar-refractivity contribution in [3.8, 4) is 22.8 Å². The lowest BCUT2D eigenvalue weighted by Gasteiger charge is -2.08. The number of hydrazone groups is 1. The number of aryl methyl sites for hydroxylation is 3. The predicted molar refractivity (Wildman–Crippen MR) is 121 cm³/mol. The lowest BCUT2D eigenvalue weighted by Crippen LogP contribution is -2.19. The number of benzene rings is 2. The molecule has 0 saturated carbocycles. The van der Waals surface area contributed by atoms with E-state index in [1.807, 2.05) is 20.8 Å². The summed E-state index contributed by atoms with van der Waals surface area (Å²) in [7, 11) is 1.55. The molecule has 4 rings (SSSR count). The van der Waals surface area contributed by atoms with Crippen LogP contribution in [0.5, 0.6) is 5.75 Å². The number of carbonyl (C=O) groups excluding carboxylic acids is 1. The Bertz CT molecular complexity index is 1330. The SMILES string of the molecule is COc1cccc(-c2c(C(=O)N/N=C\c3c(C)cc(C)cc3C)nnn2-c2nonc2N)c1. The predicted octanol–water partition coefficient (Wildman–Crippen LogP) is 2.60. The van der Waals surface area contributed by atoms with E-state index in [4.69, 9.17) is 10.5 Å². The minimum absolute atomic E-state index is 0.000605. The highest BCUT2D eigenvalue weighted by Gasteiger charge is 2.25. The Hall–Kier alpha value is -4.54. The number of rotatable bonds is 6. The average molecular weight is 446 g/mol. The van der Waals surface area contributed by atoms with Crippen LogP contribution in [0.2, 0.25) is 0 Å². The largest absolute Gasteiger partial charge is 0.497 e. The van der Waals surface area contributed by atoms with Crippen LogP contribution >= 0.6 is 0 Å². The molecule has 2 heterocycles. The number of hydrogen-bond acceptors (Lipinski definition) is 9. The standard InChI is InChI=1S/C22H22N8O3/c1-12-8-13(2)17(14(3)9-12)11-24-26-22(31)18-19(15-6-5-7-16(10-15)32-4)30(29-25-18)21-20(23)27-33-28-21/h5-11H,1-4H3,(H2,23,27)(H,26,31)/b24-11-. The molecule has 168 valence electrons. The molecule has 33 heavy (non-hydrogen) atoms. The maximum absolute atomic E-state index is 13.0. The van der Waals surface area contributed by atoms with E-state index < -0.39 is 5.91 Å². The van der Waals surface area contributed by atoms with Crippen LogP contribution in [0.4, 0.5) is 5.82 Å². The van der Waals surface area contributed by atoms with Gasteiger partial charge in [-0.2, -0.15) is 9.78 Å². The molecule has 2 aromatic carbocycles. The fourth-order valence-corrected chi connectivity index (χ4v) is 3.55. The number of nitrogens with zero attached hydrogens (tertiary/aromatic N) is 6. The Balaban J connectivity index is 1.71. The highest BCUT2D eigenvalue weighted by molar-refractivity contribution is 5.99. The highest BCUT2D eigenvalue weighted by Crippen LogP contribution is 2.29. The molecule has 0 fully saturated rings. The number of hydrogen-bond donors (Lipinski definition) is 2. The van der Waals surface area contributed by atoms with Gasteiger partial charge >= 0.3 is 0 Å². The first-order valence-electron chi connectivity index (χ1n) is 9.98. The van der Waals surface area contributed by atoms with Gasteiger partial charge in [0.15, 0.2) is 5.69 Å². The Morgan fingerprint density at radius 3 is 2.61 bits per heavy atom. The third-order valence-electron chi connectivity index (χ3n) is 5.02. The molecule has 4 aromatic rings. The van der Waals surface area contributed by atoms with Gasteiger partial charge in [-0.3, -0.25) is 4.79 Å². The van der Waals surface area contributed by atoms with Crippen molar-refractivity contribution in [2.75, 3.05) is 12.8 Å². The third-order valence-corrected chi connectivity index (χ3v) is 5.02. The van der Waals surface area contributed by atoms with Crippen LogP contribution in [0.15, 0.2) is 46.1 Å². The van der Waals surface area contributed by atoms with Crippen molar-refractivity contribution >= 4 is 17.9 Å². The van der Waals surface area contributed by atoms with E-state index in [0.717, 1.165) is 22.3 Å². The summed E-state index contributed by atoms with van der Waals surface area (Å²) >= 11 is 0. The minimum atomic E-state index is -0.562. The smallest absolute Gasteiger partial charge is 0.294 e. The molecule has 0 aliphatic heterocycles. The molecule has 0 aliphatic rings. The second-order valence-electron chi connectivity index (χ2n) is 7.42. The fraction of sp³-hybridized carbons (Fsp3) is 0.182. The third kappa shape index (κ3) is 4.28. The number of aromatic nitrogens is 5. The lowest BCUT2D eigenvalue weighted by atomic mass is 10.0. The molecule has 11 nitrogen and oxygen atoms in total. The summed E-state index contributed by atoms with van der Waals surface area (Å²) in [6.07, 6.45) is 1.61. The Labute approximate surface area is 189 Å². The van der Waals surface area contributed by atoms with Crippen molar-refractivity contribution in [1.29, 1.82) is 0 Å². The molecule has 0 spiro atoms. The Kier molecular flexibility index (Phi) is 5.85. The average Bonchev–Trinajstić information content (AvgIpc) is 3.41. The van der Waals surface area contributed by atoms with Crippen molar-refractivity contribution in [1.82, 2.24) is 30.7 Å². The number of anilines is 1. The number of nitrogen functional groups attached to an aromatic ring is 1. The summed E-state index contributed by atoms with van der Waals surface area (Å²) in [4.78, 5) is 13.0. The van der Waals surface area contributed by atoms with E-state index in [1.54, 1.807) is 37.6 Å². The van der Waals surface area contributed by atoms with Gasteiger partial charge in [-0.05, 0) is 54.3 Å². The van der Waals surface area contributed by atoms with Crippen molar-refractivity contribution in [3.63, 3.8) is 0 Å². The van der Waals surface area contributed by atoms with E-state index in [2.05, 4.69) is 47.9 Å². The lowest BCUT2D eigenvalue weighted by molar-refractivity contribution is 0.0950. The van der Waals surface area contributed by atoms with Gasteiger partial charge in [0.2, 0.25) is 11.6 Å². The monoisotopic (exact) mass is 446 g/mol. The van der Waals surface area contributed by atoms with Gasteiger partial charge < -0.3 is 10.5 Å². The summed E-state index contributed by atoms with van der Waals surface area (Å²) in [6, 6.07) is 11.2. The molecule has 0 bridgehead atoms. The van der Waals surface area contributed by atoms with Crippen LogP contribution in [-0.4, -0.2) is 44.5 Å². The zero-order chi connectivity index (χ0) is 23.5. The van der Waals surface area contributed by atoms with E-state index in [9.17, 15) is 4.79 Å². The van der Waals surface area contributed by atoms with Gasteiger partial charge in [0.25, 0.3) is 5.91 Å². The number of nitrogens with one attached hydrogen (secondary N) is 1. The molecule has 0 radical (unpaired) electrons. The topological polar surface area (TPSA) is 146 Å². The molecule has 1 amide bonds. The van der Waals surface area contributed by atoms with E-state index in [-0.39, 0.29) is 17.3 Å². The van der Waals surface area contributed by atoms with Crippen molar-refractivity contribution < 1.29 is 14.2 Å². The van der Waals surface area contributed by atoms with Crippen LogP contribution in [-0.2, 0) is 0 Å². The van der Waals surface area contributed by atoms with Gasteiger partial charge in [-0.1, -0.05) is 35.0 Å². The van der Waals surface area contributed by atoms with Crippen LogP contribution in [0, 0.1) is 20.8 Å². The van der Waals surface area contributed by atoms with Crippen LogP contribution in [0.25, 0.3) is 17.1 Å². The van der Waals surface area contributed by atoms with E-state index >= 15 is 0 Å². The molecule has 11 heteroatoms. The van der Waals surface area contributed by atoms with Crippen molar-refractivity contribution in [2.24, 2.45) is 5.10 Å². The maximum atomic E-state index is 13.0. The number of ether oxygens (including phenoxy) is 1. The molecule has 0 atom stereocenters. The number of nitrogens with two attached hydrogens (primary N) is 1. The second-order valence-corrected chi connectivity index (χ2v) is 7.42. The Morgan fingerprint density at radius 1 is 1.18 bits per heavy atom. The first-order chi connectivity index (χ1) is 15.9. The summed E-state index contributed by atoms with van der Waals surface area (Å²) in [5.74, 6) is 0.127.